The van der Waals surface area contributed by atoms with E-state index in [1.165, 1.54) is 6.08 Å². The molecule has 0 spiro atoms. The van der Waals surface area contributed by atoms with Crippen molar-refractivity contribution in [2.45, 2.75) is 128 Å². The number of allylic oxidation sites excluding steroid dienone is 1. The van der Waals surface area contributed by atoms with Gasteiger partial charge in [-0.3, -0.25) is 4.79 Å². The Labute approximate surface area is 220 Å². The number of rotatable bonds is 6. The molecule has 0 aromatic carbocycles. The Morgan fingerprint density at radius 2 is 1.68 bits per heavy atom. The van der Waals surface area contributed by atoms with E-state index in [1.54, 1.807) is 20.8 Å². The third-order valence-corrected chi connectivity index (χ3v) is 11.5. The molecule has 0 radical (unpaired) electrons. The molecule has 8 nitrogen and oxygen atoms in total. The molecule has 3 fully saturated rings. The summed E-state index contributed by atoms with van der Waals surface area (Å²) < 4.78 is 0. The maximum Gasteiger partial charge on any atom is 0.159 e. The average molecular weight is 525 g/mol. The Balaban J connectivity index is 1.71. The van der Waals surface area contributed by atoms with Crippen LogP contribution in [0.1, 0.15) is 86.5 Å². The fourth-order valence-corrected chi connectivity index (χ4v) is 9.00. The van der Waals surface area contributed by atoms with Gasteiger partial charge in [0, 0.05) is 17.3 Å². The van der Waals surface area contributed by atoms with Crippen molar-refractivity contribution in [3.8, 4) is 0 Å². The Kier molecular flexibility index (Phi) is 7.15. The van der Waals surface area contributed by atoms with Gasteiger partial charge in [-0.2, -0.15) is 0 Å². The first kappa shape index (κ1) is 29.1. The molecule has 0 aliphatic heterocycles. The lowest BCUT2D eigenvalue weighted by atomic mass is 9.45. The second kappa shape index (κ2) is 9.08. The van der Waals surface area contributed by atoms with Crippen molar-refractivity contribution in [3.05, 3.63) is 11.6 Å². The Bertz CT molecular complexity index is 939. The van der Waals surface area contributed by atoms with E-state index in [9.17, 15) is 40.5 Å². The van der Waals surface area contributed by atoms with Crippen molar-refractivity contribution in [2.24, 2.45) is 34.5 Å². The summed E-state index contributed by atoms with van der Waals surface area (Å²) >= 11 is 0. The monoisotopic (exact) mass is 524 g/mol. The molecule has 4 aliphatic carbocycles. The quantitative estimate of drug-likeness (QED) is 0.275. The predicted octanol–water partition coefficient (Wildman–Crippen LogP) is 1.46. The second-order valence-electron chi connectivity index (χ2n) is 14.0. The van der Waals surface area contributed by atoms with Gasteiger partial charge in [0.2, 0.25) is 0 Å². The van der Waals surface area contributed by atoms with Gasteiger partial charge in [0.25, 0.3) is 0 Å². The average Bonchev–Trinajstić information content (AvgIpc) is 3.00. The number of ketones is 1. The zero-order valence-corrected chi connectivity index (χ0v) is 23.2. The van der Waals surface area contributed by atoms with Gasteiger partial charge in [0.15, 0.2) is 5.78 Å². The smallest absolute Gasteiger partial charge is 0.159 e. The van der Waals surface area contributed by atoms with Crippen molar-refractivity contribution in [1.82, 2.24) is 0 Å². The maximum atomic E-state index is 13.3. The van der Waals surface area contributed by atoms with Crippen molar-refractivity contribution < 1.29 is 40.5 Å². The van der Waals surface area contributed by atoms with E-state index in [0.717, 1.165) is 0 Å². The highest BCUT2D eigenvalue weighted by molar-refractivity contribution is 5.95. The molecule has 0 aromatic heterocycles. The summed E-state index contributed by atoms with van der Waals surface area (Å²) in [5.74, 6) is -1.88. The molecule has 0 heterocycles. The number of carbonyl (C=O) groups is 1. The van der Waals surface area contributed by atoms with Crippen molar-refractivity contribution in [1.29, 1.82) is 0 Å². The standard InChI is InChI=1S/C29H48O8/c1-7-15(25(2,3)35)10-23(33)28(6,36)22-13-24(34)29(37)17-11-19(30)18-12-20(31)21(32)14-26(18,4)16(17)8-9-27(22,29)5/h11,15-16,18,20-24,31-37H,7-10,12-14H2,1-6H3. The Hall–Kier alpha value is -0.870. The van der Waals surface area contributed by atoms with Crippen LogP contribution in [0, 0.1) is 34.5 Å². The molecular formula is C29H48O8. The SMILES string of the molecule is CCC(CC(O)C(C)(O)C1CC(O)C2(O)C3=CC(=O)C4CC(O)C(O)CC4(C)C3CCC12C)C(C)(C)O. The lowest BCUT2D eigenvalue weighted by Crippen LogP contribution is -2.64. The van der Waals surface area contributed by atoms with Gasteiger partial charge in [-0.1, -0.05) is 27.2 Å². The highest BCUT2D eigenvalue weighted by atomic mass is 16.4. The first-order chi connectivity index (χ1) is 16.9. The third kappa shape index (κ3) is 4.09. The van der Waals surface area contributed by atoms with Gasteiger partial charge in [-0.15, -0.1) is 0 Å². The van der Waals surface area contributed by atoms with E-state index in [0.29, 0.717) is 24.8 Å². The van der Waals surface area contributed by atoms with E-state index in [2.05, 4.69) is 0 Å². The van der Waals surface area contributed by atoms with Crippen LogP contribution < -0.4 is 0 Å². The van der Waals surface area contributed by atoms with Crippen LogP contribution in [0.3, 0.4) is 0 Å². The molecule has 12 unspecified atom stereocenters. The fraction of sp³-hybridized carbons (Fsp3) is 0.897. The van der Waals surface area contributed by atoms with E-state index in [4.69, 9.17) is 0 Å². The van der Waals surface area contributed by atoms with Gasteiger partial charge in [0.1, 0.15) is 5.60 Å². The number of hydrogen-bond donors (Lipinski definition) is 7. The van der Waals surface area contributed by atoms with Crippen LogP contribution in [0.15, 0.2) is 11.6 Å². The van der Waals surface area contributed by atoms with Crippen LogP contribution in [-0.4, -0.2) is 82.7 Å². The molecule has 0 saturated heterocycles. The second-order valence-corrected chi connectivity index (χ2v) is 14.0. The number of aliphatic hydroxyl groups is 7. The summed E-state index contributed by atoms with van der Waals surface area (Å²) in [5, 5.41) is 78.1. The lowest BCUT2D eigenvalue weighted by Gasteiger charge is -2.61. The minimum atomic E-state index is -1.78. The fourth-order valence-electron chi connectivity index (χ4n) is 9.00. The Morgan fingerprint density at radius 1 is 1.05 bits per heavy atom. The molecule has 4 aliphatic rings. The van der Waals surface area contributed by atoms with E-state index < -0.39 is 63.9 Å². The zero-order chi connectivity index (χ0) is 27.9. The molecule has 7 N–H and O–H groups in total. The maximum absolute atomic E-state index is 13.3. The van der Waals surface area contributed by atoms with Gasteiger partial charge in [-0.05, 0) is 88.2 Å². The van der Waals surface area contributed by atoms with Crippen LogP contribution in [0.5, 0.6) is 0 Å². The number of fused-ring (bicyclic) bond motifs is 5. The molecule has 12 atom stereocenters. The first-order valence-electron chi connectivity index (χ1n) is 14.0. The molecule has 3 saturated carbocycles. The molecule has 0 aromatic rings. The predicted molar refractivity (Wildman–Crippen MR) is 137 cm³/mol. The molecule has 37 heavy (non-hydrogen) atoms. The van der Waals surface area contributed by atoms with Gasteiger partial charge >= 0.3 is 0 Å². The molecule has 0 bridgehead atoms. The van der Waals surface area contributed by atoms with Gasteiger partial charge in [-0.25, -0.2) is 0 Å². The normalized spacial score (nSPS) is 47.3. The van der Waals surface area contributed by atoms with Crippen molar-refractivity contribution in [3.63, 3.8) is 0 Å². The van der Waals surface area contributed by atoms with E-state index >= 15 is 0 Å². The summed E-state index contributed by atoms with van der Waals surface area (Å²) in [6, 6.07) is 0. The lowest BCUT2D eigenvalue weighted by molar-refractivity contribution is -0.187. The van der Waals surface area contributed by atoms with Crippen LogP contribution in [-0.2, 0) is 4.79 Å². The van der Waals surface area contributed by atoms with Crippen molar-refractivity contribution >= 4 is 5.78 Å². The first-order valence-corrected chi connectivity index (χ1v) is 14.0. The van der Waals surface area contributed by atoms with E-state index in [1.807, 2.05) is 20.8 Å². The van der Waals surface area contributed by atoms with Crippen LogP contribution >= 0.6 is 0 Å². The molecule has 8 heteroatoms. The number of hydrogen-bond acceptors (Lipinski definition) is 8. The number of carbonyl (C=O) groups excluding carboxylic acids is 1. The summed E-state index contributed by atoms with van der Waals surface area (Å²) in [6.45, 7) is 10.6. The summed E-state index contributed by atoms with van der Waals surface area (Å²) in [7, 11) is 0. The summed E-state index contributed by atoms with van der Waals surface area (Å²) in [6.07, 6.45) is -0.664. The number of aliphatic hydroxyl groups excluding tert-OH is 4. The highest BCUT2D eigenvalue weighted by Crippen LogP contribution is 2.68. The van der Waals surface area contributed by atoms with Crippen LogP contribution in [0.2, 0.25) is 0 Å². The highest BCUT2D eigenvalue weighted by Gasteiger charge is 2.72. The molecule has 212 valence electrons. The third-order valence-electron chi connectivity index (χ3n) is 11.5. The molecule has 0 amide bonds. The molecular weight excluding hydrogens is 476 g/mol. The van der Waals surface area contributed by atoms with Gasteiger partial charge < -0.3 is 35.7 Å². The summed E-state index contributed by atoms with van der Waals surface area (Å²) in [4.78, 5) is 13.3. The van der Waals surface area contributed by atoms with E-state index in [-0.39, 0.29) is 43.3 Å². The van der Waals surface area contributed by atoms with Gasteiger partial charge in [0.05, 0.1) is 35.6 Å². The Morgan fingerprint density at radius 3 is 2.24 bits per heavy atom. The minimum absolute atomic E-state index is 0.0517. The van der Waals surface area contributed by atoms with Crippen molar-refractivity contribution in [2.75, 3.05) is 0 Å². The van der Waals surface area contributed by atoms with Crippen LogP contribution in [0.25, 0.3) is 0 Å². The molecule has 4 rings (SSSR count). The largest absolute Gasteiger partial charge is 0.390 e. The minimum Gasteiger partial charge on any atom is -0.390 e. The zero-order valence-electron chi connectivity index (χ0n) is 23.2. The van der Waals surface area contributed by atoms with Crippen LogP contribution in [0.4, 0.5) is 0 Å². The topological polar surface area (TPSA) is 159 Å². The summed E-state index contributed by atoms with van der Waals surface area (Å²) in [5.41, 5.74) is -5.72.